The summed E-state index contributed by atoms with van der Waals surface area (Å²) in [5, 5.41) is 9.08. The van der Waals surface area contributed by atoms with E-state index in [0.29, 0.717) is 25.3 Å². The minimum Gasteiger partial charge on any atom is -0.481 e. The molecule has 2 atom stereocenters. The Bertz CT molecular complexity index is 325. The maximum atomic E-state index is 12.1. The topological polar surface area (TPSA) is 57.6 Å². The largest absolute Gasteiger partial charge is 0.481 e. The Morgan fingerprint density at radius 2 is 2.00 bits per heavy atom. The maximum absolute atomic E-state index is 12.1. The molecule has 0 spiro atoms. The minimum absolute atomic E-state index is 0.153. The molecular formula is C14H23NO3. The van der Waals surface area contributed by atoms with Crippen LogP contribution < -0.4 is 0 Å². The van der Waals surface area contributed by atoms with Crippen molar-refractivity contribution in [3.63, 3.8) is 0 Å². The number of aliphatic carboxylic acids is 1. The van der Waals surface area contributed by atoms with Gasteiger partial charge in [-0.25, -0.2) is 0 Å². The predicted octanol–water partition coefficient (Wildman–Crippen LogP) is 2.14. The molecule has 1 heterocycles. The number of carboxylic acids is 1. The molecule has 1 aliphatic carbocycles. The molecule has 1 saturated heterocycles. The molecule has 2 fully saturated rings. The van der Waals surface area contributed by atoms with Crippen LogP contribution in [0.2, 0.25) is 0 Å². The Hall–Kier alpha value is -1.06. The van der Waals surface area contributed by atoms with E-state index in [1.807, 2.05) is 6.92 Å². The number of carboxylic acid groups (broad SMARTS) is 1. The summed E-state index contributed by atoms with van der Waals surface area (Å²) in [5.41, 5.74) is 0. The number of amides is 1. The quantitative estimate of drug-likeness (QED) is 0.835. The first-order chi connectivity index (χ1) is 8.56. The molecule has 0 bridgehead atoms. The Labute approximate surface area is 108 Å². The van der Waals surface area contributed by atoms with E-state index in [-0.39, 0.29) is 11.8 Å². The SMILES string of the molecule is CC1CC(C(=O)O)CN(C(=O)CCC2CCC2)C1. The summed E-state index contributed by atoms with van der Waals surface area (Å²) in [6.07, 6.45) is 6.12. The molecule has 1 saturated carbocycles. The van der Waals surface area contributed by atoms with Crippen LogP contribution in [0.15, 0.2) is 0 Å². The van der Waals surface area contributed by atoms with Gasteiger partial charge >= 0.3 is 5.97 Å². The van der Waals surface area contributed by atoms with Crippen molar-refractivity contribution in [3.05, 3.63) is 0 Å². The molecule has 4 heteroatoms. The van der Waals surface area contributed by atoms with Crippen molar-refractivity contribution >= 4 is 11.9 Å². The van der Waals surface area contributed by atoms with E-state index in [9.17, 15) is 9.59 Å². The van der Waals surface area contributed by atoms with Crippen molar-refractivity contribution in [1.82, 2.24) is 4.90 Å². The first-order valence-corrected chi connectivity index (χ1v) is 7.07. The van der Waals surface area contributed by atoms with Gasteiger partial charge in [-0.1, -0.05) is 26.2 Å². The van der Waals surface area contributed by atoms with Crippen molar-refractivity contribution in [2.45, 2.75) is 45.4 Å². The third-order valence-electron chi connectivity index (χ3n) is 4.35. The van der Waals surface area contributed by atoms with Gasteiger partial charge in [0.2, 0.25) is 5.91 Å². The monoisotopic (exact) mass is 253 g/mol. The van der Waals surface area contributed by atoms with Crippen LogP contribution in [0.3, 0.4) is 0 Å². The molecule has 0 radical (unpaired) electrons. The van der Waals surface area contributed by atoms with Crippen molar-refractivity contribution in [1.29, 1.82) is 0 Å². The van der Waals surface area contributed by atoms with Crippen molar-refractivity contribution in [3.8, 4) is 0 Å². The van der Waals surface area contributed by atoms with Crippen LogP contribution in [0, 0.1) is 17.8 Å². The van der Waals surface area contributed by atoms with Gasteiger partial charge in [0.05, 0.1) is 5.92 Å². The summed E-state index contributed by atoms with van der Waals surface area (Å²) in [6.45, 7) is 3.16. The fraction of sp³-hybridized carbons (Fsp3) is 0.857. The van der Waals surface area contributed by atoms with Crippen LogP contribution in [0.4, 0.5) is 0 Å². The third kappa shape index (κ3) is 3.24. The summed E-state index contributed by atoms with van der Waals surface area (Å²) in [4.78, 5) is 24.9. The third-order valence-corrected chi connectivity index (χ3v) is 4.35. The molecule has 1 N–H and O–H groups in total. The molecule has 0 aromatic heterocycles. The van der Waals surface area contributed by atoms with Gasteiger partial charge in [0.1, 0.15) is 0 Å². The number of rotatable bonds is 4. The highest BCUT2D eigenvalue weighted by Gasteiger charge is 2.32. The number of hydrogen-bond acceptors (Lipinski definition) is 2. The fourth-order valence-corrected chi connectivity index (χ4v) is 3.00. The lowest BCUT2D eigenvalue weighted by atomic mass is 9.82. The van der Waals surface area contributed by atoms with E-state index in [0.717, 1.165) is 18.9 Å². The summed E-state index contributed by atoms with van der Waals surface area (Å²) in [5.74, 6) is 0.0541. The number of carbonyl (C=O) groups excluding carboxylic acids is 1. The summed E-state index contributed by atoms with van der Waals surface area (Å²) in [7, 11) is 0. The van der Waals surface area contributed by atoms with Crippen LogP contribution in [0.25, 0.3) is 0 Å². The zero-order chi connectivity index (χ0) is 13.1. The fourth-order valence-electron chi connectivity index (χ4n) is 3.00. The zero-order valence-electron chi connectivity index (χ0n) is 11.1. The van der Waals surface area contributed by atoms with E-state index < -0.39 is 5.97 Å². The van der Waals surface area contributed by atoms with Crippen molar-refractivity contribution < 1.29 is 14.7 Å². The normalized spacial score (nSPS) is 28.8. The number of hydrogen-bond donors (Lipinski definition) is 1. The van der Waals surface area contributed by atoms with E-state index in [1.165, 1.54) is 19.3 Å². The van der Waals surface area contributed by atoms with Gasteiger partial charge in [0.25, 0.3) is 0 Å². The first kappa shape index (κ1) is 13.4. The zero-order valence-corrected chi connectivity index (χ0v) is 11.1. The van der Waals surface area contributed by atoms with Gasteiger partial charge in [-0.05, 0) is 24.7 Å². The molecule has 2 aliphatic rings. The summed E-state index contributed by atoms with van der Waals surface area (Å²) < 4.78 is 0. The second kappa shape index (κ2) is 5.72. The molecule has 1 aliphatic heterocycles. The number of piperidine rings is 1. The van der Waals surface area contributed by atoms with E-state index in [4.69, 9.17) is 5.11 Å². The van der Waals surface area contributed by atoms with Gasteiger partial charge in [-0.15, -0.1) is 0 Å². The lowest BCUT2D eigenvalue weighted by molar-refractivity contribution is -0.147. The van der Waals surface area contributed by atoms with Crippen LogP contribution in [0.1, 0.15) is 45.4 Å². The van der Waals surface area contributed by atoms with Crippen LogP contribution >= 0.6 is 0 Å². The summed E-state index contributed by atoms with van der Waals surface area (Å²) in [6, 6.07) is 0. The Morgan fingerprint density at radius 1 is 1.28 bits per heavy atom. The molecule has 18 heavy (non-hydrogen) atoms. The molecule has 1 amide bonds. The highest BCUT2D eigenvalue weighted by atomic mass is 16.4. The standard InChI is InChI=1S/C14H23NO3/c1-10-7-12(14(17)18)9-15(8-10)13(16)6-5-11-3-2-4-11/h10-12H,2-9H2,1H3,(H,17,18). The second-order valence-corrected chi connectivity index (χ2v) is 6.01. The number of nitrogens with zero attached hydrogens (tertiary/aromatic N) is 1. The first-order valence-electron chi connectivity index (χ1n) is 7.07. The molecule has 102 valence electrons. The van der Waals surface area contributed by atoms with E-state index in [1.54, 1.807) is 4.90 Å². The van der Waals surface area contributed by atoms with Gasteiger partial charge in [-0.2, -0.15) is 0 Å². The van der Waals surface area contributed by atoms with E-state index in [2.05, 4.69) is 0 Å². The molecule has 4 nitrogen and oxygen atoms in total. The maximum Gasteiger partial charge on any atom is 0.308 e. The van der Waals surface area contributed by atoms with E-state index >= 15 is 0 Å². The molecular weight excluding hydrogens is 230 g/mol. The molecule has 0 aromatic rings. The van der Waals surface area contributed by atoms with Crippen LogP contribution in [0.5, 0.6) is 0 Å². The van der Waals surface area contributed by atoms with Gasteiger partial charge in [0, 0.05) is 19.5 Å². The second-order valence-electron chi connectivity index (χ2n) is 6.01. The molecule has 2 unspecified atom stereocenters. The minimum atomic E-state index is -0.765. The number of carbonyl (C=O) groups is 2. The Kier molecular flexibility index (Phi) is 4.25. The van der Waals surface area contributed by atoms with Gasteiger partial charge in [0.15, 0.2) is 0 Å². The Morgan fingerprint density at radius 3 is 2.56 bits per heavy atom. The molecule has 0 aromatic carbocycles. The van der Waals surface area contributed by atoms with Gasteiger partial charge in [-0.3, -0.25) is 9.59 Å². The van der Waals surface area contributed by atoms with Crippen molar-refractivity contribution in [2.24, 2.45) is 17.8 Å². The average molecular weight is 253 g/mol. The average Bonchev–Trinajstić information content (AvgIpc) is 2.25. The lowest BCUT2D eigenvalue weighted by Gasteiger charge is -2.35. The Balaban J connectivity index is 1.82. The number of likely N-dealkylation sites (tertiary alicyclic amines) is 1. The van der Waals surface area contributed by atoms with Crippen LogP contribution in [-0.2, 0) is 9.59 Å². The molecule has 2 rings (SSSR count). The van der Waals surface area contributed by atoms with Crippen molar-refractivity contribution in [2.75, 3.05) is 13.1 Å². The van der Waals surface area contributed by atoms with Gasteiger partial charge < -0.3 is 10.0 Å². The predicted molar refractivity (Wildman–Crippen MR) is 68.1 cm³/mol. The highest BCUT2D eigenvalue weighted by molar-refractivity contribution is 5.78. The lowest BCUT2D eigenvalue weighted by Crippen LogP contribution is -2.45. The summed E-state index contributed by atoms with van der Waals surface area (Å²) >= 11 is 0. The smallest absolute Gasteiger partial charge is 0.308 e. The van der Waals surface area contributed by atoms with Crippen LogP contribution in [-0.4, -0.2) is 35.0 Å². The highest BCUT2D eigenvalue weighted by Crippen LogP contribution is 2.31.